The van der Waals surface area contributed by atoms with Crippen LogP contribution in [0.25, 0.3) is 33.5 Å². The van der Waals surface area contributed by atoms with Crippen LogP contribution in [0.5, 0.6) is 0 Å². The van der Waals surface area contributed by atoms with Crippen LogP contribution in [0, 0.1) is 0 Å². The fourth-order valence-electron chi connectivity index (χ4n) is 5.32. The maximum atomic E-state index is 10.6. The molecule has 0 aliphatic carbocycles. The van der Waals surface area contributed by atoms with E-state index in [1.807, 2.05) is 18.2 Å². The van der Waals surface area contributed by atoms with Crippen LogP contribution < -0.4 is 0 Å². The Balaban J connectivity index is 0.000000472. The van der Waals surface area contributed by atoms with Gasteiger partial charge in [0, 0.05) is 64.5 Å². The van der Waals surface area contributed by atoms with Crippen molar-refractivity contribution in [2.45, 2.75) is 12.7 Å². The molecule has 0 radical (unpaired) electrons. The van der Waals surface area contributed by atoms with Gasteiger partial charge in [-0.15, -0.1) is 0 Å². The van der Waals surface area contributed by atoms with E-state index < -0.39 is 12.1 Å². The Bertz CT molecular complexity index is 1460. The minimum absolute atomic E-state index is 0.886. The van der Waals surface area contributed by atoms with Gasteiger partial charge in [0.2, 0.25) is 0 Å². The highest BCUT2D eigenvalue weighted by Gasteiger charge is 2.38. The van der Waals surface area contributed by atoms with Crippen LogP contribution in [0.1, 0.15) is 5.56 Å². The predicted molar refractivity (Wildman–Crippen MR) is 160 cm³/mol. The minimum Gasteiger partial charge on any atom is -0.475 e. The molecular formula is C32H36F3N5O3. The van der Waals surface area contributed by atoms with E-state index in [0.29, 0.717) is 0 Å². The molecule has 0 unspecified atom stereocenters. The Morgan fingerprint density at radius 1 is 0.791 bits per heavy atom. The van der Waals surface area contributed by atoms with Crippen molar-refractivity contribution in [2.75, 3.05) is 65.6 Å². The van der Waals surface area contributed by atoms with Crippen molar-refractivity contribution in [1.82, 2.24) is 24.7 Å². The van der Waals surface area contributed by atoms with Gasteiger partial charge in [0.1, 0.15) is 5.82 Å². The molecule has 43 heavy (non-hydrogen) atoms. The van der Waals surface area contributed by atoms with Gasteiger partial charge in [-0.05, 0) is 41.0 Å². The SMILES string of the molecule is O=C(O)C(F)(F)F.c1cc(CN2CCN(CCN3CCOCC3)CC2)cc(-c2cccc(-c3nc4ccccc4[nH]3)c2)c1. The molecule has 0 bridgehead atoms. The molecule has 6 rings (SSSR count). The normalized spacial score (nSPS) is 17.0. The second kappa shape index (κ2) is 14.1. The summed E-state index contributed by atoms with van der Waals surface area (Å²) in [5.41, 5.74) is 7.05. The number of nitrogens with zero attached hydrogens (tertiary/aromatic N) is 4. The van der Waals surface area contributed by atoms with Gasteiger partial charge in [0.15, 0.2) is 0 Å². The number of carbonyl (C=O) groups is 1. The molecule has 2 N–H and O–H groups in total. The molecule has 2 aliphatic rings. The van der Waals surface area contributed by atoms with Crippen LogP contribution in [0.4, 0.5) is 13.2 Å². The summed E-state index contributed by atoms with van der Waals surface area (Å²) in [7, 11) is 0. The van der Waals surface area contributed by atoms with Gasteiger partial charge in [-0.2, -0.15) is 13.2 Å². The van der Waals surface area contributed by atoms with Gasteiger partial charge in [0.05, 0.1) is 24.2 Å². The lowest BCUT2D eigenvalue weighted by molar-refractivity contribution is -0.192. The Hall–Kier alpha value is -3.77. The van der Waals surface area contributed by atoms with Crippen LogP contribution >= 0.6 is 0 Å². The quantitative estimate of drug-likeness (QED) is 0.312. The molecule has 8 nitrogen and oxygen atoms in total. The maximum Gasteiger partial charge on any atom is 0.490 e. The van der Waals surface area contributed by atoms with Crippen LogP contribution in [0.15, 0.2) is 72.8 Å². The maximum absolute atomic E-state index is 10.6. The Morgan fingerprint density at radius 2 is 1.37 bits per heavy atom. The molecule has 3 aromatic carbocycles. The lowest BCUT2D eigenvalue weighted by Gasteiger charge is -2.36. The smallest absolute Gasteiger partial charge is 0.475 e. The molecule has 11 heteroatoms. The zero-order valence-electron chi connectivity index (χ0n) is 23.9. The first kappa shape index (κ1) is 30.7. The standard InChI is InChI=1S/C30H35N5O.C2HF3O2/c1-2-10-29-28(9-1)31-30(32-29)27-8-4-7-26(22-27)25-6-3-5-24(21-25)23-35-15-13-33(14-16-35)11-12-34-17-19-36-20-18-34;3-2(4,5)1(6)7/h1-10,21-22H,11-20,23H2,(H,31,32);(H,6,7). The number of para-hydroxylation sites is 2. The van der Waals surface area contributed by atoms with Crippen molar-refractivity contribution < 1.29 is 27.8 Å². The van der Waals surface area contributed by atoms with Crippen molar-refractivity contribution in [3.8, 4) is 22.5 Å². The number of imidazole rings is 1. The number of carboxylic acid groups (broad SMARTS) is 1. The molecule has 0 amide bonds. The zero-order valence-corrected chi connectivity index (χ0v) is 23.9. The number of fused-ring (bicyclic) bond motifs is 1. The van der Waals surface area contributed by atoms with Gasteiger partial charge in [-0.3, -0.25) is 14.7 Å². The number of rotatable bonds is 7. The number of nitrogens with one attached hydrogen (secondary N) is 1. The van der Waals surface area contributed by atoms with Crippen molar-refractivity contribution in [1.29, 1.82) is 0 Å². The van der Waals surface area contributed by atoms with Gasteiger partial charge in [0.25, 0.3) is 0 Å². The predicted octanol–water partition coefficient (Wildman–Crippen LogP) is 4.98. The van der Waals surface area contributed by atoms with Crippen molar-refractivity contribution in [3.63, 3.8) is 0 Å². The lowest BCUT2D eigenvalue weighted by atomic mass is 10.0. The van der Waals surface area contributed by atoms with E-state index >= 15 is 0 Å². The summed E-state index contributed by atoms with van der Waals surface area (Å²) in [6, 6.07) is 25.9. The summed E-state index contributed by atoms with van der Waals surface area (Å²) in [6.07, 6.45) is -5.08. The van der Waals surface area contributed by atoms with Crippen LogP contribution in [-0.4, -0.2) is 107 Å². The number of hydrogen-bond acceptors (Lipinski definition) is 6. The van der Waals surface area contributed by atoms with E-state index in [1.165, 1.54) is 29.8 Å². The number of carboxylic acids is 1. The summed E-state index contributed by atoms with van der Waals surface area (Å²) < 4.78 is 37.2. The number of aromatic nitrogens is 2. The second-order valence-corrected chi connectivity index (χ2v) is 10.8. The average Bonchev–Trinajstić information content (AvgIpc) is 3.46. The molecule has 2 aliphatic heterocycles. The summed E-state index contributed by atoms with van der Waals surface area (Å²) in [5, 5.41) is 7.12. The van der Waals surface area contributed by atoms with Crippen LogP contribution in [0.3, 0.4) is 0 Å². The third-order valence-corrected chi connectivity index (χ3v) is 7.74. The number of piperazine rings is 1. The monoisotopic (exact) mass is 595 g/mol. The highest BCUT2D eigenvalue weighted by Crippen LogP contribution is 2.27. The number of aliphatic carboxylic acids is 1. The number of aromatic amines is 1. The highest BCUT2D eigenvalue weighted by atomic mass is 19.4. The van der Waals surface area contributed by atoms with Crippen molar-refractivity contribution in [3.05, 3.63) is 78.4 Å². The van der Waals surface area contributed by atoms with Crippen molar-refractivity contribution in [2.24, 2.45) is 0 Å². The van der Waals surface area contributed by atoms with Gasteiger partial charge in [-0.1, -0.05) is 48.5 Å². The third-order valence-electron chi connectivity index (χ3n) is 7.74. The Kier molecular flexibility index (Phi) is 10.1. The first-order valence-electron chi connectivity index (χ1n) is 14.4. The number of ether oxygens (including phenoxy) is 1. The first-order valence-corrected chi connectivity index (χ1v) is 14.4. The van der Waals surface area contributed by atoms with E-state index in [9.17, 15) is 13.2 Å². The Morgan fingerprint density at radius 3 is 2.05 bits per heavy atom. The molecule has 0 atom stereocenters. The number of halogens is 3. The highest BCUT2D eigenvalue weighted by molar-refractivity contribution is 5.80. The summed E-state index contributed by atoms with van der Waals surface area (Å²) >= 11 is 0. The number of morpholine rings is 1. The molecule has 228 valence electrons. The molecule has 0 saturated carbocycles. The van der Waals surface area contributed by atoms with E-state index in [2.05, 4.69) is 74.3 Å². The molecule has 1 aromatic heterocycles. The summed E-state index contributed by atoms with van der Waals surface area (Å²) in [6.45, 7) is 11.9. The fraction of sp³-hybridized carbons (Fsp3) is 0.375. The number of benzene rings is 3. The molecule has 0 spiro atoms. The number of hydrogen-bond donors (Lipinski definition) is 2. The largest absolute Gasteiger partial charge is 0.490 e. The van der Waals surface area contributed by atoms with Gasteiger partial charge >= 0.3 is 12.1 Å². The second-order valence-electron chi connectivity index (χ2n) is 10.8. The fourth-order valence-corrected chi connectivity index (χ4v) is 5.32. The molecule has 4 aromatic rings. The van der Waals surface area contributed by atoms with E-state index in [-0.39, 0.29) is 0 Å². The van der Waals surface area contributed by atoms with Gasteiger partial charge in [-0.25, -0.2) is 9.78 Å². The topological polar surface area (TPSA) is 84.9 Å². The first-order chi connectivity index (χ1) is 20.7. The molecular weight excluding hydrogens is 559 g/mol. The third kappa shape index (κ3) is 8.64. The van der Waals surface area contributed by atoms with E-state index in [4.69, 9.17) is 19.6 Å². The molecule has 2 saturated heterocycles. The van der Waals surface area contributed by atoms with E-state index in [0.717, 1.165) is 81.4 Å². The van der Waals surface area contributed by atoms with Crippen molar-refractivity contribution >= 4 is 17.0 Å². The number of alkyl halides is 3. The van der Waals surface area contributed by atoms with Crippen LogP contribution in [0.2, 0.25) is 0 Å². The molecule has 3 heterocycles. The van der Waals surface area contributed by atoms with E-state index in [1.54, 1.807) is 0 Å². The summed E-state index contributed by atoms with van der Waals surface area (Å²) in [4.78, 5) is 24.9. The number of H-pyrrole nitrogens is 1. The van der Waals surface area contributed by atoms with Crippen LogP contribution in [-0.2, 0) is 16.1 Å². The average molecular weight is 596 g/mol. The van der Waals surface area contributed by atoms with Gasteiger partial charge < -0.3 is 14.8 Å². The Labute approximate surface area is 248 Å². The summed E-state index contributed by atoms with van der Waals surface area (Å²) in [5.74, 6) is -1.84. The minimum atomic E-state index is -5.08. The zero-order chi connectivity index (χ0) is 30.2. The lowest BCUT2D eigenvalue weighted by Crippen LogP contribution is -2.49. The molecule has 2 fully saturated rings.